The van der Waals surface area contributed by atoms with Gasteiger partial charge in [-0.1, -0.05) is 48.5 Å². The highest BCUT2D eigenvalue weighted by Crippen LogP contribution is 2.40. The topological polar surface area (TPSA) is 59.5 Å². The molecule has 0 spiro atoms. The van der Waals surface area contributed by atoms with Crippen LogP contribution in [-0.2, 0) is 4.79 Å². The number of nitrogens with zero attached hydrogens (tertiary/aromatic N) is 5. The summed E-state index contributed by atoms with van der Waals surface area (Å²) in [6.07, 6.45) is 2.62. The molecule has 156 valence electrons. The summed E-state index contributed by atoms with van der Waals surface area (Å²) in [6.45, 7) is 3.76. The standard InChI is InChI=1S/C23H20FN5O2/c1-3-13-27-21(30)19-20(26(2)23(27)31)25-22-28(19)14-18(15-9-5-4-6-10-15)29(22)17-12-8-7-11-16(17)24/h3-12,14,19-20H,1,13H2,2H3. The molecule has 3 amide bonds. The van der Waals surface area contributed by atoms with Gasteiger partial charge in [-0.3, -0.25) is 19.5 Å². The van der Waals surface area contributed by atoms with Crippen LogP contribution in [0.25, 0.3) is 5.70 Å². The van der Waals surface area contributed by atoms with Crippen LogP contribution in [0.5, 0.6) is 0 Å². The number of rotatable bonds is 4. The first-order valence-corrected chi connectivity index (χ1v) is 9.90. The maximum absolute atomic E-state index is 14.8. The van der Waals surface area contributed by atoms with Gasteiger partial charge in [0.05, 0.1) is 11.4 Å². The second-order valence-corrected chi connectivity index (χ2v) is 7.49. The summed E-state index contributed by atoms with van der Waals surface area (Å²) in [7, 11) is 1.62. The fourth-order valence-electron chi connectivity index (χ4n) is 4.21. The van der Waals surface area contributed by atoms with Crippen LogP contribution >= 0.6 is 0 Å². The van der Waals surface area contributed by atoms with Gasteiger partial charge in [0.25, 0.3) is 5.91 Å². The Kier molecular flexibility index (Phi) is 4.35. The number of aliphatic imine (C=N–C) groups is 1. The van der Waals surface area contributed by atoms with Gasteiger partial charge in [0, 0.05) is 25.4 Å². The fourth-order valence-corrected chi connectivity index (χ4v) is 4.21. The Balaban J connectivity index is 1.65. The molecule has 2 aromatic rings. The number of hydrogen-bond donors (Lipinski definition) is 0. The van der Waals surface area contributed by atoms with E-state index >= 15 is 0 Å². The van der Waals surface area contributed by atoms with Gasteiger partial charge >= 0.3 is 6.03 Å². The third-order valence-corrected chi connectivity index (χ3v) is 5.69. The molecule has 7 nitrogen and oxygen atoms in total. The molecule has 2 aromatic carbocycles. The molecule has 2 atom stereocenters. The average molecular weight is 417 g/mol. The van der Waals surface area contributed by atoms with E-state index in [1.165, 1.54) is 17.0 Å². The van der Waals surface area contributed by atoms with Crippen LogP contribution in [-0.4, -0.2) is 58.4 Å². The molecule has 1 fully saturated rings. The number of halogens is 1. The summed E-state index contributed by atoms with van der Waals surface area (Å²) in [6, 6.07) is 14.8. The third kappa shape index (κ3) is 2.75. The Morgan fingerprint density at radius 2 is 1.81 bits per heavy atom. The van der Waals surface area contributed by atoms with Crippen LogP contribution in [0.1, 0.15) is 5.56 Å². The SMILES string of the molecule is C=CCN1C(=O)C2C(N=C3N(c4ccccc4F)C(c4ccccc4)=CN32)N(C)C1=O. The number of likely N-dealkylation sites (N-methyl/N-ethyl adjacent to an activating group) is 1. The number of urea groups is 1. The van der Waals surface area contributed by atoms with Crippen molar-refractivity contribution < 1.29 is 14.0 Å². The van der Waals surface area contributed by atoms with Crippen LogP contribution in [0.3, 0.4) is 0 Å². The van der Waals surface area contributed by atoms with Gasteiger partial charge < -0.3 is 4.90 Å². The van der Waals surface area contributed by atoms with E-state index < -0.39 is 24.1 Å². The first-order valence-electron chi connectivity index (χ1n) is 9.90. The second kappa shape index (κ2) is 7.09. The van der Waals surface area contributed by atoms with E-state index in [0.29, 0.717) is 17.3 Å². The molecule has 0 N–H and O–H groups in total. The number of fused-ring (bicyclic) bond motifs is 3. The Hall–Kier alpha value is -3.94. The lowest BCUT2D eigenvalue weighted by molar-refractivity contribution is -0.136. The molecule has 31 heavy (non-hydrogen) atoms. The lowest BCUT2D eigenvalue weighted by Gasteiger charge is -2.39. The maximum Gasteiger partial charge on any atom is 0.328 e. The van der Waals surface area contributed by atoms with Gasteiger partial charge in [-0.2, -0.15) is 0 Å². The van der Waals surface area contributed by atoms with Crippen molar-refractivity contribution in [3.8, 4) is 0 Å². The summed E-state index contributed by atoms with van der Waals surface area (Å²) in [4.78, 5) is 36.7. The predicted molar refractivity (Wildman–Crippen MR) is 115 cm³/mol. The number of hydrogen-bond acceptors (Lipinski definition) is 5. The normalized spacial score (nSPS) is 22.4. The van der Waals surface area contributed by atoms with E-state index in [1.807, 2.05) is 30.3 Å². The molecule has 5 rings (SSSR count). The number of guanidine groups is 1. The zero-order chi connectivity index (χ0) is 21.7. The molecule has 0 aliphatic carbocycles. The summed E-state index contributed by atoms with van der Waals surface area (Å²) in [5.74, 6) is -0.356. The second-order valence-electron chi connectivity index (χ2n) is 7.49. The smallest absolute Gasteiger partial charge is 0.302 e. The molecular weight excluding hydrogens is 397 g/mol. The van der Waals surface area contributed by atoms with Crippen molar-refractivity contribution in [1.82, 2.24) is 14.7 Å². The van der Waals surface area contributed by atoms with E-state index in [2.05, 4.69) is 6.58 Å². The summed E-state index contributed by atoms with van der Waals surface area (Å²) in [5, 5.41) is 0. The van der Waals surface area contributed by atoms with E-state index in [9.17, 15) is 14.0 Å². The van der Waals surface area contributed by atoms with Gasteiger partial charge in [-0.15, -0.1) is 6.58 Å². The van der Waals surface area contributed by atoms with Crippen LogP contribution in [0.15, 0.2) is 78.4 Å². The first kappa shape index (κ1) is 19.0. The average Bonchev–Trinajstić information content (AvgIpc) is 3.33. The molecule has 2 unspecified atom stereocenters. The Morgan fingerprint density at radius 1 is 1.10 bits per heavy atom. The molecule has 8 heteroatoms. The number of carbonyl (C=O) groups excluding carboxylic acids is 2. The number of benzene rings is 2. The molecule has 0 bridgehead atoms. The highest BCUT2D eigenvalue weighted by molar-refractivity contribution is 6.16. The van der Waals surface area contributed by atoms with Gasteiger partial charge in [-0.05, 0) is 12.1 Å². The van der Waals surface area contributed by atoms with Gasteiger partial charge in [0.1, 0.15) is 5.82 Å². The van der Waals surface area contributed by atoms with E-state index in [-0.39, 0.29) is 12.5 Å². The number of carbonyl (C=O) groups is 2. The van der Waals surface area contributed by atoms with E-state index in [1.54, 1.807) is 41.2 Å². The van der Waals surface area contributed by atoms with Crippen molar-refractivity contribution >= 4 is 29.3 Å². The Labute approximate surface area is 179 Å². The lowest BCUT2D eigenvalue weighted by Crippen LogP contribution is -2.64. The van der Waals surface area contributed by atoms with Crippen molar-refractivity contribution in [2.45, 2.75) is 12.2 Å². The third-order valence-electron chi connectivity index (χ3n) is 5.69. The minimum atomic E-state index is -0.729. The minimum absolute atomic E-state index is 0.112. The van der Waals surface area contributed by atoms with Crippen molar-refractivity contribution in [2.24, 2.45) is 4.99 Å². The van der Waals surface area contributed by atoms with Crippen molar-refractivity contribution in [3.63, 3.8) is 0 Å². The quantitative estimate of drug-likeness (QED) is 0.718. The molecule has 3 aliphatic rings. The van der Waals surface area contributed by atoms with E-state index in [4.69, 9.17) is 4.99 Å². The van der Waals surface area contributed by atoms with Gasteiger partial charge in [0.15, 0.2) is 12.2 Å². The van der Waals surface area contributed by atoms with Crippen LogP contribution in [0.2, 0.25) is 0 Å². The summed E-state index contributed by atoms with van der Waals surface area (Å²) >= 11 is 0. The Morgan fingerprint density at radius 3 is 2.52 bits per heavy atom. The largest absolute Gasteiger partial charge is 0.328 e. The number of imide groups is 1. The minimum Gasteiger partial charge on any atom is -0.302 e. The van der Waals surface area contributed by atoms with Gasteiger partial charge in [-0.25, -0.2) is 14.2 Å². The van der Waals surface area contributed by atoms with E-state index in [0.717, 1.165) is 10.5 Å². The molecule has 3 aliphatic heterocycles. The van der Waals surface area contributed by atoms with Crippen LogP contribution in [0, 0.1) is 5.82 Å². The number of amides is 3. The summed E-state index contributed by atoms with van der Waals surface area (Å²) < 4.78 is 14.8. The zero-order valence-corrected chi connectivity index (χ0v) is 16.9. The molecule has 0 saturated carbocycles. The molecule has 0 radical (unpaired) electrons. The lowest BCUT2D eigenvalue weighted by atomic mass is 10.1. The predicted octanol–water partition coefficient (Wildman–Crippen LogP) is 3.09. The highest BCUT2D eigenvalue weighted by atomic mass is 19.1. The van der Waals surface area contributed by atoms with Crippen LogP contribution in [0.4, 0.5) is 14.9 Å². The fraction of sp³-hybridized carbons (Fsp3) is 0.174. The number of para-hydroxylation sites is 1. The molecule has 0 aromatic heterocycles. The van der Waals surface area contributed by atoms with Crippen molar-refractivity contribution in [1.29, 1.82) is 0 Å². The summed E-state index contributed by atoms with van der Waals surface area (Å²) in [5.41, 5.74) is 1.88. The molecule has 3 heterocycles. The Bertz CT molecular complexity index is 1150. The maximum atomic E-state index is 14.8. The van der Waals surface area contributed by atoms with Gasteiger partial charge in [0.2, 0.25) is 5.96 Å². The van der Waals surface area contributed by atoms with Crippen molar-refractivity contribution in [2.75, 3.05) is 18.5 Å². The van der Waals surface area contributed by atoms with Crippen LogP contribution < -0.4 is 4.90 Å². The zero-order valence-electron chi connectivity index (χ0n) is 16.9. The first-order chi connectivity index (χ1) is 15.0. The highest BCUT2D eigenvalue weighted by Gasteiger charge is 2.54. The molecule has 1 saturated heterocycles. The van der Waals surface area contributed by atoms with Crippen molar-refractivity contribution in [3.05, 3.63) is 84.8 Å². The monoisotopic (exact) mass is 417 g/mol. The number of anilines is 1. The molecular formula is C23H20FN5O2.